The summed E-state index contributed by atoms with van der Waals surface area (Å²) >= 11 is 0. The Labute approximate surface area is 146 Å². The molecule has 0 aliphatic carbocycles. The van der Waals surface area contributed by atoms with E-state index in [0.29, 0.717) is 36.9 Å². The Bertz CT molecular complexity index is 772. The fourth-order valence-electron chi connectivity index (χ4n) is 3.01. The number of aromatic nitrogens is 4. The molecule has 132 valence electrons. The Balaban J connectivity index is 1.71. The molecule has 0 saturated carbocycles. The molecule has 1 aliphatic heterocycles. The van der Waals surface area contributed by atoms with E-state index in [4.69, 9.17) is 0 Å². The zero-order valence-corrected chi connectivity index (χ0v) is 14.5. The van der Waals surface area contributed by atoms with E-state index >= 15 is 0 Å². The molecule has 0 spiro atoms. The van der Waals surface area contributed by atoms with Crippen LogP contribution in [0.25, 0.3) is 11.4 Å². The Morgan fingerprint density at radius 1 is 1.44 bits per heavy atom. The predicted octanol–water partition coefficient (Wildman–Crippen LogP) is 1.90. The van der Waals surface area contributed by atoms with Crippen molar-refractivity contribution >= 4 is 17.6 Å². The number of hydrogen-bond acceptors (Lipinski definition) is 5. The van der Waals surface area contributed by atoms with Crippen molar-refractivity contribution < 1.29 is 9.59 Å². The number of carbonyl (C=O) groups excluding carboxylic acids is 2. The summed E-state index contributed by atoms with van der Waals surface area (Å²) in [4.78, 5) is 34.9. The predicted molar refractivity (Wildman–Crippen MR) is 92.6 cm³/mol. The maximum absolute atomic E-state index is 12.6. The first kappa shape index (κ1) is 17.1. The normalized spacial score (nSPS) is 16.9. The fraction of sp³-hybridized carbons (Fsp3) is 0.471. The third-order valence-electron chi connectivity index (χ3n) is 4.21. The minimum Gasteiger partial charge on any atom is -0.331 e. The highest BCUT2D eigenvalue weighted by atomic mass is 16.2. The van der Waals surface area contributed by atoms with Gasteiger partial charge >= 0.3 is 0 Å². The van der Waals surface area contributed by atoms with Crippen molar-refractivity contribution in [3.8, 4) is 11.4 Å². The van der Waals surface area contributed by atoms with Crippen LogP contribution in [0.15, 0.2) is 18.3 Å². The van der Waals surface area contributed by atoms with E-state index in [1.54, 1.807) is 23.2 Å². The summed E-state index contributed by atoms with van der Waals surface area (Å²) in [5, 5.41) is 9.72. The van der Waals surface area contributed by atoms with Crippen LogP contribution in [-0.2, 0) is 9.59 Å². The van der Waals surface area contributed by atoms with E-state index in [0.717, 1.165) is 18.4 Å². The van der Waals surface area contributed by atoms with Gasteiger partial charge in [0.2, 0.25) is 11.8 Å². The molecule has 8 nitrogen and oxygen atoms in total. The Morgan fingerprint density at radius 3 is 3.00 bits per heavy atom. The smallest absolute Gasteiger partial charge is 0.248 e. The maximum atomic E-state index is 12.6. The molecule has 3 rings (SSSR count). The van der Waals surface area contributed by atoms with Crippen LogP contribution < -0.4 is 5.32 Å². The first-order valence-electron chi connectivity index (χ1n) is 8.54. The Hall–Kier alpha value is -2.77. The highest BCUT2D eigenvalue weighted by Crippen LogP contribution is 2.22. The summed E-state index contributed by atoms with van der Waals surface area (Å²) in [6, 6.07) is 3.09. The van der Waals surface area contributed by atoms with E-state index < -0.39 is 6.04 Å². The Morgan fingerprint density at radius 2 is 2.28 bits per heavy atom. The first-order valence-corrected chi connectivity index (χ1v) is 8.54. The second-order valence-corrected chi connectivity index (χ2v) is 6.16. The molecule has 1 aliphatic rings. The van der Waals surface area contributed by atoms with Gasteiger partial charge in [-0.1, -0.05) is 6.92 Å². The van der Waals surface area contributed by atoms with E-state index in [-0.39, 0.29) is 11.8 Å². The number of nitrogens with zero attached hydrogens (tertiary/aromatic N) is 4. The van der Waals surface area contributed by atoms with Gasteiger partial charge in [0.25, 0.3) is 0 Å². The van der Waals surface area contributed by atoms with E-state index in [1.165, 1.54) is 0 Å². The molecule has 1 fully saturated rings. The molecular weight excluding hydrogens is 320 g/mol. The zero-order chi connectivity index (χ0) is 17.8. The largest absolute Gasteiger partial charge is 0.331 e. The number of anilines is 1. The van der Waals surface area contributed by atoms with Crippen LogP contribution in [0.3, 0.4) is 0 Å². The van der Waals surface area contributed by atoms with E-state index in [9.17, 15) is 9.59 Å². The lowest BCUT2D eigenvalue weighted by Crippen LogP contribution is -2.43. The van der Waals surface area contributed by atoms with E-state index in [2.05, 4.69) is 25.5 Å². The van der Waals surface area contributed by atoms with Gasteiger partial charge < -0.3 is 10.2 Å². The van der Waals surface area contributed by atoms with Crippen LogP contribution in [0.5, 0.6) is 0 Å². The maximum Gasteiger partial charge on any atom is 0.248 e. The van der Waals surface area contributed by atoms with Crippen LogP contribution in [0.4, 0.5) is 5.82 Å². The molecule has 0 radical (unpaired) electrons. The molecule has 2 N–H and O–H groups in total. The number of carbonyl (C=O) groups is 2. The van der Waals surface area contributed by atoms with Gasteiger partial charge in [0.15, 0.2) is 5.82 Å². The molecule has 2 amide bonds. The van der Waals surface area contributed by atoms with Crippen LogP contribution in [0.1, 0.15) is 38.4 Å². The van der Waals surface area contributed by atoms with Gasteiger partial charge in [0, 0.05) is 24.7 Å². The average molecular weight is 342 g/mol. The Kier molecular flexibility index (Phi) is 5.06. The fourth-order valence-corrected chi connectivity index (χ4v) is 3.01. The van der Waals surface area contributed by atoms with Crippen LogP contribution >= 0.6 is 0 Å². The quantitative estimate of drug-likeness (QED) is 0.864. The molecule has 1 unspecified atom stereocenters. The summed E-state index contributed by atoms with van der Waals surface area (Å²) in [6.45, 7) is 4.42. The molecule has 1 saturated heterocycles. The number of pyridine rings is 1. The molecule has 0 aromatic carbocycles. The molecule has 8 heteroatoms. The summed E-state index contributed by atoms with van der Waals surface area (Å²) in [6.07, 6.45) is 4.38. The molecule has 25 heavy (non-hydrogen) atoms. The van der Waals surface area contributed by atoms with Crippen molar-refractivity contribution in [1.82, 2.24) is 25.1 Å². The van der Waals surface area contributed by atoms with Gasteiger partial charge in [-0.25, -0.2) is 9.97 Å². The van der Waals surface area contributed by atoms with Gasteiger partial charge in [0.05, 0.1) is 0 Å². The lowest BCUT2D eigenvalue weighted by atomic mass is 10.2. The number of hydrogen-bond donors (Lipinski definition) is 2. The molecule has 1 atom stereocenters. The summed E-state index contributed by atoms with van der Waals surface area (Å²) in [5.41, 5.74) is 0.764. The van der Waals surface area contributed by atoms with E-state index in [1.807, 2.05) is 13.8 Å². The highest BCUT2D eigenvalue weighted by Gasteiger charge is 2.33. The molecular formula is C17H22N6O2. The van der Waals surface area contributed by atoms with Gasteiger partial charge in [-0.3, -0.25) is 14.7 Å². The number of nitrogens with one attached hydrogen (secondary N) is 2. The third-order valence-corrected chi connectivity index (χ3v) is 4.21. The van der Waals surface area contributed by atoms with Crippen molar-refractivity contribution in [2.24, 2.45) is 0 Å². The third kappa shape index (κ3) is 3.84. The van der Waals surface area contributed by atoms with Crippen molar-refractivity contribution in [1.29, 1.82) is 0 Å². The number of aryl methyl sites for hydroxylation is 1. The number of likely N-dealkylation sites (tertiary alicyclic amines) is 1. The molecule has 2 aromatic heterocycles. The number of H-pyrrole nitrogens is 1. The summed E-state index contributed by atoms with van der Waals surface area (Å²) in [5.74, 6) is 1.54. The van der Waals surface area contributed by atoms with Crippen molar-refractivity contribution in [2.75, 3.05) is 11.9 Å². The monoisotopic (exact) mass is 342 g/mol. The van der Waals surface area contributed by atoms with Gasteiger partial charge in [-0.15, -0.1) is 0 Å². The van der Waals surface area contributed by atoms with Crippen LogP contribution in [-0.4, -0.2) is 49.5 Å². The van der Waals surface area contributed by atoms with Gasteiger partial charge in [0.1, 0.15) is 17.7 Å². The van der Waals surface area contributed by atoms with Crippen molar-refractivity contribution in [2.45, 2.75) is 45.6 Å². The highest BCUT2D eigenvalue weighted by molar-refractivity contribution is 5.97. The number of rotatable bonds is 5. The number of aromatic amines is 1. The number of amides is 2. The summed E-state index contributed by atoms with van der Waals surface area (Å²) < 4.78 is 0. The molecule has 2 aromatic rings. The SMILES string of the molecule is CCCC(=O)N1CCCC1C(=O)Nc1cc(-c2n[nH]c(C)n2)ccn1. The minimum atomic E-state index is -0.421. The van der Waals surface area contributed by atoms with Crippen LogP contribution in [0.2, 0.25) is 0 Å². The van der Waals surface area contributed by atoms with Crippen LogP contribution in [0, 0.1) is 6.92 Å². The average Bonchev–Trinajstić information content (AvgIpc) is 3.24. The zero-order valence-electron chi connectivity index (χ0n) is 14.5. The standard InChI is InChI=1S/C17H22N6O2/c1-3-5-15(24)23-9-4-6-13(23)17(25)20-14-10-12(7-8-18-14)16-19-11(2)21-22-16/h7-8,10,13H,3-6,9H2,1-2H3,(H,18,20,25)(H,19,21,22). The van der Waals surface area contributed by atoms with Gasteiger partial charge in [-0.2, -0.15) is 5.10 Å². The first-order chi connectivity index (χ1) is 12.1. The van der Waals surface area contributed by atoms with Crippen molar-refractivity contribution in [3.05, 3.63) is 24.2 Å². The van der Waals surface area contributed by atoms with Crippen molar-refractivity contribution in [3.63, 3.8) is 0 Å². The molecule has 3 heterocycles. The second-order valence-electron chi connectivity index (χ2n) is 6.16. The summed E-state index contributed by atoms with van der Waals surface area (Å²) in [7, 11) is 0. The van der Waals surface area contributed by atoms with Gasteiger partial charge in [-0.05, 0) is 38.3 Å². The topological polar surface area (TPSA) is 104 Å². The second kappa shape index (κ2) is 7.42. The lowest BCUT2D eigenvalue weighted by Gasteiger charge is -2.23. The molecule has 0 bridgehead atoms. The minimum absolute atomic E-state index is 0.0399. The lowest BCUT2D eigenvalue weighted by molar-refractivity contribution is -0.136.